The lowest BCUT2D eigenvalue weighted by molar-refractivity contribution is -0.134. The molecule has 1 aliphatic rings. The maximum absolute atomic E-state index is 13.1. The van der Waals surface area contributed by atoms with Gasteiger partial charge in [0.25, 0.3) is 0 Å². The molecule has 0 radical (unpaired) electrons. The molecule has 1 aliphatic heterocycles. The maximum atomic E-state index is 13.1. The van der Waals surface area contributed by atoms with E-state index in [4.69, 9.17) is 0 Å². The van der Waals surface area contributed by atoms with Crippen LogP contribution < -0.4 is 0 Å². The Bertz CT molecular complexity index is 572. The first-order valence-electron chi connectivity index (χ1n) is 7.82. The van der Waals surface area contributed by atoms with Crippen molar-refractivity contribution < 1.29 is 9.90 Å². The number of carbonyl (C=O) groups is 1. The molecule has 2 aromatic carbocycles. The van der Waals surface area contributed by atoms with Crippen molar-refractivity contribution in [3.8, 4) is 0 Å². The first-order chi connectivity index (χ1) is 10.8. The predicted molar refractivity (Wildman–Crippen MR) is 86.5 cm³/mol. The molecule has 0 aliphatic carbocycles. The number of carbonyl (C=O) groups excluding carboxylic acids is 1. The van der Waals surface area contributed by atoms with Gasteiger partial charge in [0.05, 0.1) is 12.0 Å². The van der Waals surface area contributed by atoms with Crippen LogP contribution in [0.4, 0.5) is 0 Å². The standard InChI is InChI=1S/C19H21NO2/c21-17-12-7-13-20(14-17)19(22)18(15-8-3-1-4-9-15)16-10-5-2-6-11-16/h1-6,8-11,17-18,21H,7,12-14H2. The van der Waals surface area contributed by atoms with E-state index in [0.717, 1.165) is 30.5 Å². The minimum atomic E-state index is -0.398. The zero-order chi connectivity index (χ0) is 15.4. The van der Waals surface area contributed by atoms with Crippen LogP contribution in [0.1, 0.15) is 29.9 Å². The quantitative estimate of drug-likeness (QED) is 0.946. The fraction of sp³-hybridized carbons (Fsp3) is 0.316. The van der Waals surface area contributed by atoms with Gasteiger partial charge in [-0.25, -0.2) is 0 Å². The number of rotatable bonds is 3. The summed E-state index contributed by atoms with van der Waals surface area (Å²) >= 11 is 0. The maximum Gasteiger partial charge on any atom is 0.234 e. The monoisotopic (exact) mass is 295 g/mol. The van der Waals surface area contributed by atoms with Gasteiger partial charge < -0.3 is 10.0 Å². The van der Waals surface area contributed by atoms with Gasteiger partial charge >= 0.3 is 0 Å². The molecule has 3 rings (SSSR count). The number of benzene rings is 2. The SMILES string of the molecule is O=C(C(c1ccccc1)c1ccccc1)N1CCCC(O)C1. The Morgan fingerprint density at radius 3 is 2.05 bits per heavy atom. The van der Waals surface area contributed by atoms with Crippen molar-refractivity contribution in [3.05, 3.63) is 71.8 Å². The second-order valence-electron chi connectivity index (χ2n) is 5.83. The molecule has 1 N–H and O–H groups in total. The van der Waals surface area contributed by atoms with Crippen LogP contribution in [-0.2, 0) is 4.79 Å². The van der Waals surface area contributed by atoms with Crippen molar-refractivity contribution in [2.75, 3.05) is 13.1 Å². The van der Waals surface area contributed by atoms with Gasteiger partial charge in [-0.2, -0.15) is 0 Å². The number of hydrogen-bond donors (Lipinski definition) is 1. The first kappa shape index (κ1) is 14.8. The van der Waals surface area contributed by atoms with Gasteiger partial charge in [0, 0.05) is 13.1 Å². The number of aliphatic hydroxyl groups excluding tert-OH is 1. The molecule has 0 aromatic heterocycles. The highest BCUT2D eigenvalue weighted by Crippen LogP contribution is 2.28. The average molecular weight is 295 g/mol. The molecule has 2 aromatic rings. The van der Waals surface area contributed by atoms with Crippen molar-refractivity contribution in [2.24, 2.45) is 0 Å². The molecule has 1 unspecified atom stereocenters. The molecule has 0 bridgehead atoms. The van der Waals surface area contributed by atoms with E-state index in [2.05, 4.69) is 0 Å². The molecule has 0 spiro atoms. The molecule has 1 saturated heterocycles. The third-order valence-corrected chi connectivity index (χ3v) is 4.22. The molecule has 1 heterocycles. The van der Waals surface area contributed by atoms with E-state index in [1.54, 1.807) is 4.90 Å². The Morgan fingerprint density at radius 2 is 1.55 bits per heavy atom. The molecule has 22 heavy (non-hydrogen) atoms. The molecular formula is C19H21NO2. The van der Waals surface area contributed by atoms with Crippen LogP contribution in [0, 0.1) is 0 Å². The highest BCUT2D eigenvalue weighted by Gasteiger charge is 2.30. The number of hydrogen-bond acceptors (Lipinski definition) is 2. The van der Waals surface area contributed by atoms with Gasteiger partial charge in [-0.3, -0.25) is 4.79 Å². The smallest absolute Gasteiger partial charge is 0.234 e. The molecule has 3 heteroatoms. The van der Waals surface area contributed by atoms with Crippen LogP contribution in [0.15, 0.2) is 60.7 Å². The van der Waals surface area contributed by atoms with Gasteiger partial charge in [-0.15, -0.1) is 0 Å². The summed E-state index contributed by atoms with van der Waals surface area (Å²) < 4.78 is 0. The Labute approximate surface area is 131 Å². The van der Waals surface area contributed by atoms with Crippen molar-refractivity contribution in [2.45, 2.75) is 24.9 Å². The van der Waals surface area contributed by atoms with E-state index >= 15 is 0 Å². The summed E-state index contributed by atoms with van der Waals surface area (Å²) in [5, 5.41) is 9.86. The normalized spacial score (nSPS) is 18.5. The zero-order valence-electron chi connectivity index (χ0n) is 12.6. The second kappa shape index (κ2) is 6.75. The van der Waals surface area contributed by atoms with Gasteiger partial charge in [-0.1, -0.05) is 60.7 Å². The number of likely N-dealkylation sites (tertiary alicyclic amines) is 1. The lowest BCUT2D eigenvalue weighted by Crippen LogP contribution is -2.44. The second-order valence-corrected chi connectivity index (χ2v) is 5.83. The molecular weight excluding hydrogens is 274 g/mol. The highest BCUT2D eigenvalue weighted by atomic mass is 16.3. The van der Waals surface area contributed by atoms with Gasteiger partial charge in [0.15, 0.2) is 0 Å². The molecule has 1 fully saturated rings. The van der Waals surface area contributed by atoms with Crippen LogP contribution in [0.25, 0.3) is 0 Å². The number of β-amino-alcohol motifs (C(OH)–C–C–N with tert-alkyl or cyclic N) is 1. The van der Waals surface area contributed by atoms with Gasteiger partial charge in [0.1, 0.15) is 0 Å². The lowest BCUT2D eigenvalue weighted by Gasteiger charge is -2.33. The summed E-state index contributed by atoms with van der Waals surface area (Å²) in [6, 6.07) is 19.7. The van der Waals surface area contributed by atoms with Gasteiger partial charge in [0.2, 0.25) is 5.91 Å². The summed E-state index contributed by atoms with van der Waals surface area (Å²) in [6.07, 6.45) is 1.25. The van der Waals surface area contributed by atoms with Crippen molar-refractivity contribution in [1.29, 1.82) is 0 Å². The summed E-state index contributed by atoms with van der Waals surface area (Å²) in [7, 11) is 0. The van der Waals surface area contributed by atoms with Gasteiger partial charge in [-0.05, 0) is 24.0 Å². The van der Waals surface area contributed by atoms with Crippen molar-refractivity contribution >= 4 is 5.91 Å². The number of nitrogens with zero attached hydrogens (tertiary/aromatic N) is 1. The number of amides is 1. The van der Waals surface area contributed by atoms with E-state index < -0.39 is 6.10 Å². The van der Waals surface area contributed by atoms with Crippen LogP contribution in [0.3, 0.4) is 0 Å². The van der Waals surface area contributed by atoms with Crippen LogP contribution >= 0.6 is 0 Å². The minimum Gasteiger partial charge on any atom is -0.391 e. The summed E-state index contributed by atoms with van der Waals surface area (Å²) in [5.74, 6) is -0.219. The predicted octanol–water partition coefficient (Wildman–Crippen LogP) is 2.80. The number of piperidine rings is 1. The van der Waals surface area contributed by atoms with E-state index in [-0.39, 0.29) is 11.8 Å². The average Bonchev–Trinajstić information content (AvgIpc) is 2.57. The number of aliphatic hydroxyl groups is 1. The minimum absolute atomic E-state index is 0.0798. The van der Waals surface area contributed by atoms with E-state index in [1.165, 1.54) is 0 Å². The third-order valence-electron chi connectivity index (χ3n) is 4.22. The van der Waals surface area contributed by atoms with E-state index in [9.17, 15) is 9.90 Å². The lowest BCUT2D eigenvalue weighted by atomic mass is 9.89. The Morgan fingerprint density at radius 1 is 1.00 bits per heavy atom. The molecule has 0 saturated carbocycles. The molecule has 3 nitrogen and oxygen atoms in total. The molecule has 1 atom stereocenters. The van der Waals surface area contributed by atoms with Crippen LogP contribution in [0.2, 0.25) is 0 Å². The summed E-state index contributed by atoms with van der Waals surface area (Å²) in [5.41, 5.74) is 2.00. The topological polar surface area (TPSA) is 40.5 Å². The fourth-order valence-electron chi connectivity index (χ4n) is 3.11. The first-order valence-corrected chi connectivity index (χ1v) is 7.82. The Kier molecular flexibility index (Phi) is 4.54. The summed E-state index contributed by atoms with van der Waals surface area (Å²) in [4.78, 5) is 14.9. The fourth-order valence-corrected chi connectivity index (χ4v) is 3.11. The summed E-state index contributed by atoms with van der Waals surface area (Å²) in [6.45, 7) is 1.17. The zero-order valence-corrected chi connectivity index (χ0v) is 12.6. The van der Waals surface area contributed by atoms with Crippen LogP contribution in [0.5, 0.6) is 0 Å². The largest absolute Gasteiger partial charge is 0.391 e. The molecule has 114 valence electrons. The van der Waals surface area contributed by atoms with E-state index in [0.29, 0.717) is 6.54 Å². The molecule has 1 amide bonds. The van der Waals surface area contributed by atoms with E-state index in [1.807, 2.05) is 60.7 Å². The Hall–Kier alpha value is -2.13. The third kappa shape index (κ3) is 3.20. The van der Waals surface area contributed by atoms with Crippen LogP contribution in [-0.4, -0.2) is 35.1 Å². The highest BCUT2D eigenvalue weighted by molar-refractivity contribution is 5.87. The van der Waals surface area contributed by atoms with Crippen molar-refractivity contribution in [3.63, 3.8) is 0 Å². The van der Waals surface area contributed by atoms with Crippen molar-refractivity contribution in [1.82, 2.24) is 4.90 Å². The Balaban J connectivity index is 1.93.